The molecular formula is C19H23N3O2. The molecule has 0 aliphatic heterocycles. The molecule has 0 heterocycles. The predicted molar refractivity (Wildman–Crippen MR) is 97.5 cm³/mol. The summed E-state index contributed by atoms with van der Waals surface area (Å²) in [5, 5.41) is 16.5. The van der Waals surface area contributed by atoms with Gasteiger partial charge in [-0.25, -0.2) is 5.43 Å². The average Bonchev–Trinajstić information content (AvgIpc) is 2.56. The number of amides is 1. The number of phenolic OH excluding ortho intramolecular Hbond substituents is 1. The summed E-state index contributed by atoms with van der Waals surface area (Å²) in [6.45, 7) is 6.01. The smallest absolute Gasteiger partial charge is 0.262 e. The molecule has 5 nitrogen and oxygen atoms in total. The van der Waals surface area contributed by atoms with Gasteiger partial charge in [0.2, 0.25) is 0 Å². The second kappa shape index (κ2) is 8.15. The Morgan fingerprint density at radius 2 is 1.92 bits per heavy atom. The van der Waals surface area contributed by atoms with Gasteiger partial charge >= 0.3 is 0 Å². The lowest BCUT2D eigenvalue weighted by atomic mass is 10.1. The van der Waals surface area contributed by atoms with Gasteiger partial charge in [-0.15, -0.1) is 0 Å². The number of nitrogens with one attached hydrogen (secondary N) is 2. The minimum absolute atomic E-state index is 0.187. The molecule has 0 unspecified atom stereocenters. The number of hydrogen-bond acceptors (Lipinski definition) is 4. The van der Waals surface area contributed by atoms with Gasteiger partial charge in [-0.05, 0) is 61.7 Å². The number of anilines is 1. The number of hydrogen-bond donors (Lipinski definition) is 3. The Bertz CT molecular complexity index is 724. The van der Waals surface area contributed by atoms with Crippen molar-refractivity contribution in [2.45, 2.75) is 33.2 Å². The highest BCUT2D eigenvalue weighted by atomic mass is 16.3. The molecule has 126 valence electrons. The molecule has 0 fully saturated rings. The van der Waals surface area contributed by atoms with E-state index in [1.54, 1.807) is 30.5 Å². The van der Waals surface area contributed by atoms with Crippen LogP contribution in [0.15, 0.2) is 47.6 Å². The Labute approximate surface area is 142 Å². The molecule has 2 aromatic carbocycles. The van der Waals surface area contributed by atoms with Gasteiger partial charge in [-0.2, -0.15) is 5.10 Å². The van der Waals surface area contributed by atoms with Crippen molar-refractivity contribution in [2.24, 2.45) is 5.10 Å². The lowest BCUT2D eigenvalue weighted by molar-refractivity contribution is -0.121. The molecule has 0 saturated carbocycles. The van der Waals surface area contributed by atoms with Crippen LogP contribution in [0.25, 0.3) is 0 Å². The number of phenols is 1. The normalized spacial score (nSPS) is 12.1. The van der Waals surface area contributed by atoms with Crippen molar-refractivity contribution < 1.29 is 9.90 Å². The first-order chi connectivity index (χ1) is 11.5. The van der Waals surface area contributed by atoms with E-state index in [0.29, 0.717) is 6.42 Å². The van der Waals surface area contributed by atoms with Crippen LogP contribution >= 0.6 is 0 Å². The number of aryl methyl sites for hydroxylation is 2. The number of nitrogens with zero attached hydrogens (tertiary/aromatic N) is 1. The molecule has 0 saturated heterocycles. The van der Waals surface area contributed by atoms with Gasteiger partial charge < -0.3 is 10.4 Å². The monoisotopic (exact) mass is 325 g/mol. The van der Waals surface area contributed by atoms with Crippen molar-refractivity contribution >= 4 is 17.8 Å². The quantitative estimate of drug-likeness (QED) is 0.563. The second-order valence-electron chi connectivity index (χ2n) is 5.75. The zero-order valence-electron chi connectivity index (χ0n) is 14.2. The molecule has 5 heteroatoms. The van der Waals surface area contributed by atoms with Gasteiger partial charge in [0.05, 0.1) is 6.21 Å². The number of carbonyl (C=O) groups is 1. The van der Waals surface area contributed by atoms with Crippen molar-refractivity contribution in [2.75, 3.05) is 5.32 Å². The Morgan fingerprint density at radius 3 is 2.54 bits per heavy atom. The minimum atomic E-state index is -0.358. The largest absolute Gasteiger partial charge is 0.508 e. The number of aromatic hydroxyl groups is 1. The molecule has 0 bridgehead atoms. The van der Waals surface area contributed by atoms with Crippen LogP contribution in [-0.2, 0) is 4.79 Å². The third kappa shape index (κ3) is 4.84. The summed E-state index contributed by atoms with van der Waals surface area (Å²) in [6, 6.07) is 12.3. The van der Waals surface area contributed by atoms with Crippen LogP contribution < -0.4 is 10.7 Å². The SMILES string of the molecule is CC[C@@H](Nc1ccc(C)cc1C)C(=O)N/N=C\c1ccc(O)cc1. The average molecular weight is 325 g/mol. The molecule has 3 N–H and O–H groups in total. The van der Waals surface area contributed by atoms with Crippen LogP contribution in [0.2, 0.25) is 0 Å². The van der Waals surface area contributed by atoms with Crippen molar-refractivity contribution in [3.8, 4) is 5.75 Å². The lowest BCUT2D eigenvalue weighted by Gasteiger charge is -2.18. The standard InChI is InChI=1S/C19H23N3O2/c1-4-17(21-18-10-5-13(2)11-14(18)3)19(24)22-20-12-15-6-8-16(23)9-7-15/h5-12,17,21,23H,4H2,1-3H3,(H,22,24)/b20-12-/t17-/m1/s1. The number of benzene rings is 2. The van der Waals surface area contributed by atoms with E-state index in [2.05, 4.69) is 21.9 Å². The Balaban J connectivity index is 1.97. The molecule has 0 aliphatic rings. The van der Waals surface area contributed by atoms with Crippen molar-refractivity contribution in [1.82, 2.24) is 5.43 Å². The van der Waals surface area contributed by atoms with Gasteiger partial charge in [-0.3, -0.25) is 4.79 Å². The van der Waals surface area contributed by atoms with Crippen molar-refractivity contribution in [3.63, 3.8) is 0 Å². The summed E-state index contributed by atoms with van der Waals surface area (Å²) in [5.41, 5.74) is 6.59. The first kappa shape index (κ1) is 17.5. The summed E-state index contributed by atoms with van der Waals surface area (Å²) in [5.74, 6) is 0.00686. The second-order valence-corrected chi connectivity index (χ2v) is 5.75. The minimum Gasteiger partial charge on any atom is -0.508 e. The van der Waals surface area contributed by atoms with Crippen LogP contribution in [0.4, 0.5) is 5.69 Å². The van der Waals surface area contributed by atoms with Crippen molar-refractivity contribution in [3.05, 3.63) is 59.2 Å². The van der Waals surface area contributed by atoms with Crippen LogP contribution in [0.1, 0.15) is 30.0 Å². The molecule has 2 rings (SSSR count). The fourth-order valence-electron chi connectivity index (χ4n) is 2.32. The maximum Gasteiger partial charge on any atom is 0.262 e. The molecule has 0 aliphatic carbocycles. The number of carbonyl (C=O) groups excluding carboxylic acids is 1. The predicted octanol–water partition coefficient (Wildman–Crippen LogP) is 3.35. The zero-order valence-corrected chi connectivity index (χ0v) is 14.2. The number of hydrazone groups is 1. The Kier molecular flexibility index (Phi) is 5.95. The highest BCUT2D eigenvalue weighted by molar-refractivity contribution is 5.87. The van der Waals surface area contributed by atoms with E-state index in [0.717, 1.165) is 16.8 Å². The summed E-state index contributed by atoms with van der Waals surface area (Å²) in [4.78, 5) is 12.3. The molecule has 24 heavy (non-hydrogen) atoms. The Morgan fingerprint density at radius 1 is 1.21 bits per heavy atom. The molecule has 0 spiro atoms. The first-order valence-corrected chi connectivity index (χ1v) is 7.95. The van der Waals surface area contributed by atoms with Crippen LogP contribution in [0, 0.1) is 13.8 Å². The van der Waals surface area contributed by atoms with Crippen LogP contribution in [0.5, 0.6) is 5.75 Å². The Hall–Kier alpha value is -2.82. The molecule has 1 amide bonds. The molecule has 2 aromatic rings. The highest BCUT2D eigenvalue weighted by Crippen LogP contribution is 2.17. The van der Waals surface area contributed by atoms with Gasteiger partial charge in [0.1, 0.15) is 11.8 Å². The van der Waals surface area contributed by atoms with E-state index < -0.39 is 0 Å². The number of rotatable bonds is 6. The lowest BCUT2D eigenvalue weighted by Crippen LogP contribution is -2.37. The zero-order chi connectivity index (χ0) is 17.5. The maximum absolute atomic E-state index is 12.3. The van der Waals surface area contributed by atoms with Gasteiger partial charge in [0.25, 0.3) is 5.91 Å². The van der Waals surface area contributed by atoms with E-state index in [-0.39, 0.29) is 17.7 Å². The van der Waals surface area contributed by atoms with Gasteiger partial charge in [-0.1, -0.05) is 24.6 Å². The third-order valence-electron chi connectivity index (χ3n) is 3.72. The highest BCUT2D eigenvalue weighted by Gasteiger charge is 2.16. The van der Waals surface area contributed by atoms with Crippen LogP contribution in [0.3, 0.4) is 0 Å². The van der Waals surface area contributed by atoms with E-state index in [1.165, 1.54) is 5.56 Å². The molecule has 0 aromatic heterocycles. The fourth-order valence-corrected chi connectivity index (χ4v) is 2.32. The van der Waals surface area contributed by atoms with Crippen LogP contribution in [-0.4, -0.2) is 23.3 Å². The maximum atomic E-state index is 12.3. The summed E-state index contributed by atoms with van der Waals surface area (Å²) in [6.07, 6.45) is 2.19. The van der Waals surface area contributed by atoms with Gasteiger partial charge in [0, 0.05) is 5.69 Å². The summed E-state index contributed by atoms with van der Waals surface area (Å²) in [7, 11) is 0. The van der Waals surface area contributed by atoms with E-state index in [9.17, 15) is 9.90 Å². The molecule has 0 radical (unpaired) electrons. The summed E-state index contributed by atoms with van der Waals surface area (Å²) >= 11 is 0. The van der Waals surface area contributed by atoms with Gasteiger partial charge in [0.15, 0.2) is 0 Å². The van der Waals surface area contributed by atoms with E-state index >= 15 is 0 Å². The molecule has 1 atom stereocenters. The summed E-state index contributed by atoms with van der Waals surface area (Å²) < 4.78 is 0. The van der Waals surface area contributed by atoms with E-state index in [1.807, 2.05) is 32.9 Å². The fraction of sp³-hybridized carbons (Fsp3) is 0.263. The topological polar surface area (TPSA) is 73.7 Å². The molecular weight excluding hydrogens is 302 g/mol. The van der Waals surface area contributed by atoms with E-state index in [4.69, 9.17) is 0 Å². The first-order valence-electron chi connectivity index (χ1n) is 7.95. The van der Waals surface area contributed by atoms with Crippen molar-refractivity contribution in [1.29, 1.82) is 0 Å². The third-order valence-corrected chi connectivity index (χ3v) is 3.72.